The topological polar surface area (TPSA) is 34.5 Å². The molecule has 2 aromatic rings. The first-order valence-corrected chi connectivity index (χ1v) is 10.7. The number of hydrogen-bond acceptors (Lipinski definition) is 3. The van der Waals surface area contributed by atoms with Gasteiger partial charge in [0.1, 0.15) is 0 Å². The van der Waals surface area contributed by atoms with Crippen molar-refractivity contribution in [2.45, 2.75) is 58.4 Å². The predicted octanol–water partition coefficient (Wildman–Crippen LogP) is 4.71. The molecule has 0 N–H and O–H groups in total. The van der Waals surface area contributed by atoms with Gasteiger partial charge in [0, 0.05) is 36.1 Å². The molecule has 144 valence electrons. The zero-order valence-corrected chi connectivity index (χ0v) is 16.7. The van der Waals surface area contributed by atoms with Crippen molar-refractivity contribution in [3.63, 3.8) is 0 Å². The molecular weight excluding hydrogens is 336 g/mol. The Balaban J connectivity index is 1.75. The molecule has 4 nitrogen and oxygen atoms in total. The van der Waals surface area contributed by atoms with E-state index in [0.717, 1.165) is 30.3 Å². The Hall–Kier alpha value is -1.81. The van der Waals surface area contributed by atoms with Crippen molar-refractivity contribution in [3.05, 3.63) is 35.0 Å². The zero-order valence-electron chi connectivity index (χ0n) is 16.7. The molecule has 0 spiro atoms. The molecule has 3 fully saturated rings. The monoisotopic (exact) mass is 366 g/mol. The number of fused-ring (bicyclic) bond motifs is 4. The molecule has 0 radical (unpaired) electrons. The van der Waals surface area contributed by atoms with Crippen molar-refractivity contribution < 1.29 is 9.53 Å². The van der Waals surface area contributed by atoms with Crippen molar-refractivity contribution in [1.82, 2.24) is 9.47 Å². The fourth-order valence-corrected chi connectivity index (χ4v) is 6.35. The van der Waals surface area contributed by atoms with Gasteiger partial charge in [-0.15, -0.1) is 0 Å². The van der Waals surface area contributed by atoms with Crippen LogP contribution in [0.5, 0.6) is 0 Å². The van der Waals surface area contributed by atoms with Gasteiger partial charge in [-0.05, 0) is 62.6 Å². The summed E-state index contributed by atoms with van der Waals surface area (Å²) in [7, 11) is 0. The molecule has 4 bridgehead atoms. The molecule has 27 heavy (non-hydrogen) atoms. The van der Waals surface area contributed by atoms with E-state index in [9.17, 15) is 4.79 Å². The van der Waals surface area contributed by atoms with Crippen LogP contribution in [0.15, 0.2) is 18.2 Å². The Kier molecular flexibility index (Phi) is 4.08. The number of benzene rings is 1. The maximum atomic E-state index is 13.0. The molecule has 2 unspecified atom stereocenters. The van der Waals surface area contributed by atoms with E-state index in [0.29, 0.717) is 18.6 Å². The standard InChI is InChI=1S/C23H30N2O2/c1-4-16-11-15-12-19-21(16)24(13-15)9-8-17-18-10-14(3)6-7-20(18)25(22(17)19)23(26)27-5-2/h6-7,10,15-16,19,21H,4-5,8-9,11-13H2,1-3H3/t15-,16-,19+,21?/m0/s1. The van der Waals surface area contributed by atoms with Gasteiger partial charge in [0.05, 0.1) is 12.1 Å². The molecule has 0 amide bonds. The Morgan fingerprint density at radius 1 is 1.26 bits per heavy atom. The van der Waals surface area contributed by atoms with Crippen molar-refractivity contribution in [2.24, 2.45) is 11.8 Å². The number of piperidine rings is 2. The number of nitrogens with zero attached hydrogens (tertiary/aromatic N) is 2. The smallest absolute Gasteiger partial charge is 0.418 e. The van der Waals surface area contributed by atoms with Crippen LogP contribution in [0.3, 0.4) is 0 Å². The summed E-state index contributed by atoms with van der Waals surface area (Å²) in [6.07, 6.45) is 4.66. The maximum absolute atomic E-state index is 13.0. The van der Waals surface area contributed by atoms with Gasteiger partial charge in [0.15, 0.2) is 0 Å². The summed E-state index contributed by atoms with van der Waals surface area (Å²) in [5, 5.41) is 1.26. The van der Waals surface area contributed by atoms with Gasteiger partial charge in [-0.25, -0.2) is 9.36 Å². The van der Waals surface area contributed by atoms with E-state index in [-0.39, 0.29) is 6.09 Å². The largest absolute Gasteiger partial charge is 0.449 e. The molecule has 1 aliphatic carbocycles. The number of ether oxygens (including phenoxy) is 1. The first-order chi connectivity index (χ1) is 13.1. The van der Waals surface area contributed by atoms with E-state index in [1.54, 1.807) is 0 Å². The fourth-order valence-electron chi connectivity index (χ4n) is 6.35. The van der Waals surface area contributed by atoms with Crippen molar-refractivity contribution in [3.8, 4) is 0 Å². The minimum atomic E-state index is -0.199. The summed E-state index contributed by atoms with van der Waals surface area (Å²) in [4.78, 5) is 15.8. The Labute approximate surface area is 161 Å². The predicted molar refractivity (Wildman–Crippen MR) is 107 cm³/mol. The third-order valence-electron chi connectivity index (χ3n) is 7.28. The van der Waals surface area contributed by atoms with E-state index in [1.807, 2.05) is 11.5 Å². The van der Waals surface area contributed by atoms with Crippen molar-refractivity contribution in [2.75, 3.05) is 19.7 Å². The molecule has 6 rings (SSSR count). The van der Waals surface area contributed by atoms with E-state index in [2.05, 4.69) is 36.9 Å². The van der Waals surface area contributed by atoms with Crippen LogP contribution in [-0.4, -0.2) is 41.3 Å². The summed E-state index contributed by atoms with van der Waals surface area (Å²) >= 11 is 0. The lowest BCUT2D eigenvalue weighted by atomic mass is 9.65. The second kappa shape index (κ2) is 6.37. The molecule has 5 atom stereocenters. The minimum absolute atomic E-state index is 0.199. The highest BCUT2D eigenvalue weighted by Crippen LogP contribution is 2.51. The van der Waals surface area contributed by atoms with Gasteiger partial charge in [-0.1, -0.05) is 25.0 Å². The first-order valence-electron chi connectivity index (χ1n) is 10.7. The van der Waals surface area contributed by atoms with Gasteiger partial charge in [0.25, 0.3) is 0 Å². The molecule has 1 saturated carbocycles. The quantitative estimate of drug-likeness (QED) is 0.772. The van der Waals surface area contributed by atoms with E-state index in [1.165, 1.54) is 48.0 Å². The van der Waals surface area contributed by atoms with Crippen molar-refractivity contribution in [1.29, 1.82) is 0 Å². The second-order valence-corrected chi connectivity index (χ2v) is 8.77. The van der Waals surface area contributed by atoms with Gasteiger partial charge < -0.3 is 4.74 Å². The molecule has 4 aliphatic rings. The van der Waals surface area contributed by atoms with E-state index >= 15 is 0 Å². The Bertz CT molecular complexity index is 899. The minimum Gasteiger partial charge on any atom is -0.449 e. The average Bonchev–Trinajstić information content (AvgIpc) is 2.93. The number of rotatable bonds is 2. The highest BCUT2D eigenvalue weighted by Gasteiger charge is 2.49. The fraction of sp³-hybridized carbons (Fsp3) is 0.609. The summed E-state index contributed by atoms with van der Waals surface area (Å²) < 4.78 is 7.45. The number of hydrogen-bond donors (Lipinski definition) is 0. The SMILES string of the molecule is CCOC(=O)n1c2c(c3cc(C)ccc31)CCN1C[C@H]3C[C@H](CC)C1[C@H]2C3. The Morgan fingerprint density at radius 3 is 2.89 bits per heavy atom. The normalized spacial score (nSPS) is 31.6. The van der Waals surface area contributed by atoms with Crippen LogP contribution in [0.1, 0.15) is 55.8 Å². The lowest BCUT2D eigenvalue weighted by Crippen LogP contribution is -2.56. The third kappa shape index (κ3) is 2.49. The van der Waals surface area contributed by atoms with Gasteiger partial charge >= 0.3 is 6.09 Å². The van der Waals surface area contributed by atoms with Crippen molar-refractivity contribution >= 4 is 17.0 Å². The molecule has 1 aromatic heterocycles. The van der Waals surface area contributed by atoms with Crippen LogP contribution in [-0.2, 0) is 11.2 Å². The molecular formula is C23H30N2O2. The number of aryl methyl sites for hydroxylation is 1. The zero-order chi connectivity index (χ0) is 18.7. The van der Waals surface area contributed by atoms with Crippen LogP contribution < -0.4 is 0 Å². The number of aromatic nitrogens is 1. The lowest BCUT2D eigenvalue weighted by Gasteiger charge is -2.53. The first kappa shape index (κ1) is 17.3. The van der Waals surface area contributed by atoms with E-state index < -0.39 is 0 Å². The van der Waals surface area contributed by atoms with Gasteiger partial charge in [0.2, 0.25) is 0 Å². The van der Waals surface area contributed by atoms with Crippen LogP contribution in [0.2, 0.25) is 0 Å². The molecule has 1 aromatic carbocycles. The highest BCUT2D eigenvalue weighted by atomic mass is 16.5. The van der Waals surface area contributed by atoms with Gasteiger partial charge in [-0.3, -0.25) is 4.90 Å². The van der Waals surface area contributed by atoms with Gasteiger partial charge in [-0.2, -0.15) is 0 Å². The van der Waals surface area contributed by atoms with Crippen LogP contribution in [0, 0.1) is 18.8 Å². The lowest BCUT2D eigenvalue weighted by molar-refractivity contribution is -0.0141. The molecule has 3 aliphatic heterocycles. The van der Waals surface area contributed by atoms with Crippen LogP contribution >= 0.6 is 0 Å². The number of carbonyl (C=O) groups is 1. The highest BCUT2D eigenvalue weighted by molar-refractivity contribution is 5.94. The second-order valence-electron chi connectivity index (χ2n) is 8.77. The average molecular weight is 367 g/mol. The maximum Gasteiger partial charge on any atom is 0.418 e. The Morgan fingerprint density at radius 2 is 2.11 bits per heavy atom. The summed E-state index contributed by atoms with van der Waals surface area (Å²) in [6.45, 7) is 9.16. The summed E-state index contributed by atoms with van der Waals surface area (Å²) in [5.74, 6) is 1.98. The van der Waals surface area contributed by atoms with Crippen LogP contribution in [0.25, 0.3) is 10.9 Å². The van der Waals surface area contributed by atoms with Crippen LogP contribution in [0.4, 0.5) is 4.79 Å². The van der Waals surface area contributed by atoms with E-state index in [4.69, 9.17) is 4.74 Å². The molecule has 4 heterocycles. The third-order valence-corrected chi connectivity index (χ3v) is 7.28. The summed E-state index contributed by atoms with van der Waals surface area (Å²) in [6, 6.07) is 7.09. The number of carbonyl (C=O) groups excluding carboxylic acids is 1. The molecule has 2 saturated heterocycles. The summed E-state index contributed by atoms with van der Waals surface area (Å²) in [5.41, 5.74) is 4.96. The molecule has 4 heteroatoms.